The molecule has 3 rings (SSSR count). The van der Waals surface area contributed by atoms with E-state index in [1.807, 2.05) is 4.90 Å². The molecule has 2 heterocycles. The van der Waals surface area contributed by atoms with Crippen LogP contribution in [0.4, 0.5) is 15.9 Å². The molecule has 0 aliphatic carbocycles. The van der Waals surface area contributed by atoms with Gasteiger partial charge in [-0.05, 0) is 26.0 Å². The monoisotopic (exact) mass is 406 g/mol. The lowest BCUT2D eigenvalue weighted by molar-refractivity contribution is -0.128. The molecule has 1 atom stereocenters. The number of para-hydroxylation sites is 1. The normalized spacial score (nSPS) is 15.4. The molecule has 1 aliphatic heterocycles. The van der Waals surface area contributed by atoms with Gasteiger partial charge in [-0.15, -0.1) is 11.8 Å². The molecule has 0 radical (unpaired) electrons. The quantitative estimate of drug-likeness (QED) is 0.794. The number of hydrogen-bond acceptors (Lipinski definition) is 6. The largest absolute Gasteiger partial charge is 0.366 e. The number of carbonyl (C=O) groups is 2. The van der Waals surface area contributed by atoms with Crippen molar-refractivity contribution in [1.82, 2.24) is 10.1 Å². The number of rotatable bonds is 6. The number of hydrogen-bond donors (Lipinski definition) is 1. The number of piperazine rings is 1. The molecule has 1 aromatic carbocycles. The average molecular weight is 406 g/mol. The topological polar surface area (TPSA) is 78.7 Å². The SMILES string of the molecule is Cc1cc(NC(=O)C(C)SCC(=O)N2CCN(c3ccccc3F)CC2)no1. The highest BCUT2D eigenvalue weighted by atomic mass is 32.2. The second-order valence-electron chi connectivity index (χ2n) is 6.58. The number of aryl methyl sites for hydroxylation is 1. The van der Waals surface area contributed by atoms with E-state index in [0.717, 1.165) is 0 Å². The van der Waals surface area contributed by atoms with Crippen LogP contribution >= 0.6 is 11.8 Å². The number of nitrogens with one attached hydrogen (secondary N) is 1. The molecule has 0 saturated carbocycles. The van der Waals surface area contributed by atoms with Gasteiger partial charge in [0, 0.05) is 32.2 Å². The summed E-state index contributed by atoms with van der Waals surface area (Å²) in [4.78, 5) is 28.3. The van der Waals surface area contributed by atoms with E-state index in [4.69, 9.17) is 4.52 Å². The zero-order valence-electron chi connectivity index (χ0n) is 15.9. The summed E-state index contributed by atoms with van der Waals surface area (Å²) in [6.45, 7) is 5.72. The van der Waals surface area contributed by atoms with Gasteiger partial charge in [-0.1, -0.05) is 17.3 Å². The van der Waals surface area contributed by atoms with Gasteiger partial charge in [-0.25, -0.2) is 4.39 Å². The van der Waals surface area contributed by atoms with Crippen molar-refractivity contribution in [3.05, 3.63) is 41.9 Å². The van der Waals surface area contributed by atoms with Gasteiger partial charge in [-0.3, -0.25) is 9.59 Å². The van der Waals surface area contributed by atoms with Gasteiger partial charge < -0.3 is 19.6 Å². The van der Waals surface area contributed by atoms with Gasteiger partial charge >= 0.3 is 0 Å². The highest BCUT2D eigenvalue weighted by Crippen LogP contribution is 2.21. The molecule has 1 unspecified atom stereocenters. The fourth-order valence-corrected chi connectivity index (χ4v) is 3.71. The van der Waals surface area contributed by atoms with Crippen molar-refractivity contribution in [1.29, 1.82) is 0 Å². The average Bonchev–Trinajstić information content (AvgIpc) is 3.11. The first-order chi connectivity index (χ1) is 13.4. The number of aromatic nitrogens is 1. The fraction of sp³-hybridized carbons (Fsp3) is 0.421. The molecule has 1 saturated heterocycles. The molecular formula is C19H23FN4O3S. The zero-order chi connectivity index (χ0) is 20.1. The van der Waals surface area contributed by atoms with Crippen LogP contribution in [0.5, 0.6) is 0 Å². The van der Waals surface area contributed by atoms with Crippen molar-refractivity contribution < 1.29 is 18.5 Å². The van der Waals surface area contributed by atoms with Crippen molar-refractivity contribution >= 4 is 35.1 Å². The molecule has 1 aromatic heterocycles. The minimum Gasteiger partial charge on any atom is -0.366 e. The van der Waals surface area contributed by atoms with Crippen LogP contribution in [0.1, 0.15) is 12.7 Å². The van der Waals surface area contributed by atoms with E-state index >= 15 is 0 Å². The molecule has 1 fully saturated rings. The van der Waals surface area contributed by atoms with E-state index in [9.17, 15) is 14.0 Å². The Morgan fingerprint density at radius 2 is 2.00 bits per heavy atom. The molecule has 1 aliphatic rings. The molecule has 0 bridgehead atoms. The summed E-state index contributed by atoms with van der Waals surface area (Å²) in [5.41, 5.74) is 0.567. The molecule has 7 nitrogen and oxygen atoms in total. The predicted molar refractivity (Wildman–Crippen MR) is 107 cm³/mol. The minimum atomic E-state index is -0.402. The van der Waals surface area contributed by atoms with Crippen LogP contribution in [0, 0.1) is 12.7 Å². The van der Waals surface area contributed by atoms with Gasteiger partial charge in [0.05, 0.1) is 16.7 Å². The lowest BCUT2D eigenvalue weighted by atomic mass is 10.2. The molecule has 2 amide bonds. The number of anilines is 2. The molecular weight excluding hydrogens is 383 g/mol. The number of nitrogens with zero attached hydrogens (tertiary/aromatic N) is 3. The maximum Gasteiger partial charge on any atom is 0.238 e. The molecule has 0 spiro atoms. The fourth-order valence-electron chi connectivity index (χ4n) is 2.92. The highest BCUT2D eigenvalue weighted by molar-refractivity contribution is 8.01. The van der Waals surface area contributed by atoms with E-state index < -0.39 is 5.25 Å². The van der Waals surface area contributed by atoms with Gasteiger partial charge in [0.15, 0.2) is 5.82 Å². The molecule has 9 heteroatoms. The van der Waals surface area contributed by atoms with Crippen molar-refractivity contribution in [2.75, 3.05) is 42.1 Å². The number of amides is 2. The van der Waals surface area contributed by atoms with Crippen molar-refractivity contribution in [2.24, 2.45) is 0 Å². The van der Waals surface area contributed by atoms with Crippen LogP contribution in [0.15, 0.2) is 34.9 Å². The Morgan fingerprint density at radius 1 is 1.29 bits per heavy atom. The van der Waals surface area contributed by atoms with E-state index in [1.165, 1.54) is 17.8 Å². The Morgan fingerprint density at radius 3 is 2.64 bits per heavy atom. The third-order valence-corrected chi connectivity index (χ3v) is 5.66. The summed E-state index contributed by atoms with van der Waals surface area (Å²) in [7, 11) is 0. The third kappa shape index (κ3) is 5.03. The third-order valence-electron chi connectivity index (χ3n) is 4.53. The van der Waals surface area contributed by atoms with E-state index in [2.05, 4.69) is 10.5 Å². The Hall–Kier alpha value is -2.55. The van der Waals surface area contributed by atoms with Gasteiger partial charge in [0.2, 0.25) is 11.8 Å². The first-order valence-electron chi connectivity index (χ1n) is 9.07. The number of thioether (sulfide) groups is 1. The lowest BCUT2D eigenvalue weighted by Gasteiger charge is -2.36. The Labute approximate surface area is 167 Å². The van der Waals surface area contributed by atoms with Crippen LogP contribution in [0.3, 0.4) is 0 Å². The predicted octanol–water partition coefficient (Wildman–Crippen LogP) is 2.53. The van der Waals surface area contributed by atoms with Crippen LogP contribution in [0.2, 0.25) is 0 Å². The Kier molecular flexibility index (Phi) is 6.56. The van der Waals surface area contributed by atoms with Crippen LogP contribution in [0.25, 0.3) is 0 Å². The van der Waals surface area contributed by atoms with Gasteiger partial charge in [0.25, 0.3) is 0 Å². The van der Waals surface area contributed by atoms with Crippen molar-refractivity contribution in [3.63, 3.8) is 0 Å². The van der Waals surface area contributed by atoms with Crippen LogP contribution in [-0.2, 0) is 9.59 Å². The second-order valence-corrected chi connectivity index (χ2v) is 7.91. The number of halogens is 1. The molecule has 150 valence electrons. The number of benzene rings is 1. The summed E-state index contributed by atoms with van der Waals surface area (Å²) < 4.78 is 18.8. The summed E-state index contributed by atoms with van der Waals surface area (Å²) >= 11 is 1.28. The minimum absolute atomic E-state index is 0.0184. The van der Waals surface area contributed by atoms with Crippen molar-refractivity contribution in [2.45, 2.75) is 19.1 Å². The van der Waals surface area contributed by atoms with Crippen LogP contribution < -0.4 is 10.2 Å². The highest BCUT2D eigenvalue weighted by Gasteiger charge is 2.24. The maximum absolute atomic E-state index is 13.9. The second kappa shape index (κ2) is 9.09. The number of carbonyl (C=O) groups excluding carboxylic acids is 2. The van der Waals surface area contributed by atoms with Gasteiger partial charge in [0.1, 0.15) is 11.6 Å². The summed E-state index contributed by atoms with van der Waals surface area (Å²) in [5, 5.41) is 5.98. The summed E-state index contributed by atoms with van der Waals surface area (Å²) in [6.07, 6.45) is 0. The summed E-state index contributed by atoms with van der Waals surface area (Å²) in [6, 6.07) is 8.29. The zero-order valence-corrected chi connectivity index (χ0v) is 16.7. The standard InChI is InChI=1S/C19H23FN4O3S/c1-13-11-17(22-27-13)21-19(26)14(2)28-12-18(25)24-9-7-23(8-10-24)16-6-4-3-5-15(16)20/h3-6,11,14H,7-10,12H2,1-2H3,(H,21,22,26). The molecule has 2 aromatic rings. The lowest BCUT2D eigenvalue weighted by Crippen LogP contribution is -2.49. The first-order valence-corrected chi connectivity index (χ1v) is 10.1. The maximum atomic E-state index is 13.9. The van der Waals surface area contributed by atoms with E-state index in [1.54, 1.807) is 43.0 Å². The molecule has 1 N–H and O–H groups in total. The smallest absolute Gasteiger partial charge is 0.238 e. The van der Waals surface area contributed by atoms with E-state index in [0.29, 0.717) is 43.4 Å². The van der Waals surface area contributed by atoms with E-state index in [-0.39, 0.29) is 23.4 Å². The first kappa shape index (κ1) is 20.2. The van der Waals surface area contributed by atoms with Gasteiger partial charge in [-0.2, -0.15) is 0 Å². The summed E-state index contributed by atoms with van der Waals surface area (Å²) in [5.74, 6) is 0.697. The molecule has 28 heavy (non-hydrogen) atoms. The Balaban J connectivity index is 1.43. The van der Waals surface area contributed by atoms with Crippen molar-refractivity contribution in [3.8, 4) is 0 Å². The van der Waals surface area contributed by atoms with Crippen LogP contribution in [-0.4, -0.2) is 59.1 Å². The Bertz CT molecular complexity index is 836.